The van der Waals surface area contributed by atoms with E-state index in [1.54, 1.807) is 0 Å². The first-order chi connectivity index (χ1) is 6.88. The first-order valence-electron chi connectivity index (χ1n) is 4.37. The topological polar surface area (TPSA) is 12.4 Å². The van der Waals surface area contributed by atoms with Gasteiger partial charge in [0.15, 0.2) is 0 Å². The number of thioether (sulfide) groups is 1. The number of hydrogen-bond donors (Lipinski definition) is 0. The Kier molecular flexibility index (Phi) is 4.35. The molecule has 74 valence electrons. The van der Waals surface area contributed by atoms with Crippen LogP contribution in [0.4, 0.5) is 5.69 Å². The van der Waals surface area contributed by atoms with Crippen LogP contribution in [0.25, 0.3) is 0 Å². The number of nitrogens with zero attached hydrogens (tertiary/aromatic N) is 1. The van der Waals surface area contributed by atoms with Gasteiger partial charge in [-0.2, -0.15) is 0 Å². The normalized spacial score (nSPS) is 24.4. The van der Waals surface area contributed by atoms with E-state index >= 15 is 0 Å². The van der Waals surface area contributed by atoms with Crippen LogP contribution in [0.2, 0.25) is 4.82 Å². The molecule has 1 aliphatic rings. The van der Waals surface area contributed by atoms with E-state index < -0.39 is 0 Å². The standard InChI is InChI=1S/C10H10INSSe/c11-6-9-7-13-10(14-9)12-8-4-2-1-3-5-8/h1-5,9H,6-7H2. The number of rotatable bonds is 2. The van der Waals surface area contributed by atoms with Crippen LogP contribution in [0.3, 0.4) is 0 Å². The minimum absolute atomic E-state index is 0.613. The summed E-state index contributed by atoms with van der Waals surface area (Å²) in [7, 11) is 0. The van der Waals surface area contributed by atoms with Gasteiger partial charge in [0.1, 0.15) is 0 Å². The predicted molar refractivity (Wildman–Crippen MR) is 74.4 cm³/mol. The van der Waals surface area contributed by atoms with E-state index in [-0.39, 0.29) is 0 Å². The molecule has 1 unspecified atom stereocenters. The molecule has 1 atom stereocenters. The van der Waals surface area contributed by atoms with Gasteiger partial charge in [0.05, 0.1) is 0 Å². The third-order valence-electron chi connectivity index (χ3n) is 1.81. The zero-order valence-electron chi connectivity index (χ0n) is 7.52. The summed E-state index contributed by atoms with van der Waals surface area (Å²) in [4.78, 5) is 5.56. The Morgan fingerprint density at radius 3 is 2.86 bits per heavy atom. The van der Waals surface area contributed by atoms with Crippen molar-refractivity contribution in [2.24, 2.45) is 4.99 Å². The first-order valence-corrected chi connectivity index (χ1v) is 8.73. The number of hydrogen-bond acceptors (Lipinski definition) is 2. The maximum absolute atomic E-state index is 4.66. The van der Waals surface area contributed by atoms with Crippen molar-refractivity contribution in [3.63, 3.8) is 0 Å². The number of halogens is 1. The van der Waals surface area contributed by atoms with Gasteiger partial charge >= 0.3 is 109 Å². The molecular weight excluding hydrogens is 372 g/mol. The van der Waals surface area contributed by atoms with Crippen LogP contribution in [0.15, 0.2) is 35.3 Å². The second-order valence-electron chi connectivity index (χ2n) is 2.92. The van der Waals surface area contributed by atoms with Crippen LogP contribution < -0.4 is 0 Å². The molecule has 2 rings (SSSR count). The molecule has 1 aliphatic heterocycles. The monoisotopic (exact) mass is 383 g/mol. The Bertz CT molecular complexity index is 328. The molecule has 1 saturated heterocycles. The van der Waals surface area contributed by atoms with E-state index in [0.29, 0.717) is 15.0 Å². The average Bonchev–Trinajstić information content (AvgIpc) is 2.67. The van der Waals surface area contributed by atoms with Crippen molar-refractivity contribution in [2.75, 3.05) is 10.2 Å². The van der Waals surface area contributed by atoms with E-state index in [2.05, 4.69) is 39.7 Å². The summed E-state index contributed by atoms with van der Waals surface area (Å²) in [5.74, 6) is 1.27. The van der Waals surface area contributed by atoms with Crippen molar-refractivity contribution in [2.45, 2.75) is 4.82 Å². The van der Waals surface area contributed by atoms with E-state index in [1.165, 1.54) is 14.1 Å². The van der Waals surface area contributed by atoms with Crippen molar-refractivity contribution in [1.29, 1.82) is 0 Å². The van der Waals surface area contributed by atoms with Crippen LogP contribution in [0, 0.1) is 0 Å². The SMILES string of the molecule is ICC1CSC(=Nc2ccccc2)[Se]1. The Hall–Kier alpha value is 0.489. The molecule has 0 aliphatic carbocycles. The molecule has 0 amide bonds. The minimum atomic E-state index is 0.613. The van der Waals surface area contributed by atoms with Crippen molar-refractivity contribution in [3.8, 4) is 0 Å². The second kappa shape index (κ2) is 5.54. The van der Waals surface area contributed by atoms with Crippen molar-refractivity contribution >= 4 is 58.9 Å². The van der Waals surface area contributed by atoms with Crippen LogP contribution in [0.5, 0.6) is 0 Å². The van der Waals surface area contributed by atoms with Gasteiger partial charge in [-0.25, -0.2) is 0 Å². The molecule has 1 heterocycles. The summed E-state index contributed by atoms with van der Waals surface area (Å²) in [6, 6.07) is 10.3. The number of aliphatic imine (C=N–C) groups is 1. The molecule has 14 heavy (non-hydrogen) atoms. The van der Waals surface area contributed by atoms with E-state index in [9.17, 15) is 0 Å². The van der Waals surface area contributed by atoms with Gasteiger partial charge < -0.3 is 0 Å². The van der Waals surface area contributed by atoms with Gasteiger partial charge in [0.25, 0.3) is 0 Å². The number of benzene rings is 1. The van der Waals surface area contributed by atoms with Crippen molar-refractivity contribution in [1.82, 2.24) is 0 Å². The van der Waals surface area contributed by atoms with Crippen LogP contribution in [0.1, 0.15) is 0 Å². The summed E-state index contributed by atoms with van der Waals surface area (Å²) < 4.78 is 2.64. The van der Waals surface area contributed by atoms with Gasteiger partial charge in [-0.15, -0.1) is 0 Å². The average molecular weight is 382 g/mol. The summed E-state index contributed by atoms with van der Waals surface area (Å²) in [5.41, 5.74) is 1.10. The summed E-state index contributed by atoms with van der Waals surface area (Å²) >= 11 is 5.03. The maximum atomic E-state index is 4.66. The summed E-state index contributed by atoms with van der Waals surface area (Å²) in [6.07, 6.45) is 0. The van der Waals surface area contributed by atoms with E-state index in [1.807, 2.05) is 30.0 Å². The second-order valence-corrected chi connectivity index (χ2v) is 8.10. The fourth-order valence-corrected chi connectivity index (χ4v) is 7.02. The van der Waals surface area contributed by atoms with Crippen molar-refractivity contribution in [3.05, 3.63) is 30.3 Å². The molecule has 1 nitrogen and oxygen atoms in total. The Labute approximate surface area is 108 Å². The molecule has 0 radical (unpaired) electrons. The molecule has 0 aromatic heterocycles. The molecule has 1 fully saturated rings. The first kappa shape index (κ1) is 11.0. The van der Waals surface area contributed by atoms with Crippen molar-refractivity contribution < 1.29 is 0 Å². The molecule has 4 heteroatoms. The Morgan fingerprint density at radius 1 is 1.43 bits per heavy atom. The van der Waals surface area contributed by atoms with Gasteiger partial charge in [0.2, 0.25) is 0 Å². The fraction of sp³-hybridized carbons (Fsp3) is 0.300. The third kappa shape index (κ3) is 2.99. The van der Waals surface area contributed by atoms with Gasteiger partial charge in [-0.05, 0) is 0 Å². The van der Waals surface area contributed by atoms with Crippen LogP contribution in [-0.4, -0.2) is 29.1 Å². The molecular formula is C10H10INSSe. The van der Waals surface area contributed by atoms with Crippen LogP contribution >= 0.6 is 34.4 Å². The molecule has 0 N–H and O–H groups in total. The van der Waals surface area contributed by atoms with Gasteiger partial charge in [-0.1, -0.05) is 0 Å². The summed E-state index contributed by atoms with van der Waals surface area (Å²) in [6.45, 7) is 0. The molecule has 0 spiro atoms. The third-order valence-corrected chi connectivity index (χ3v) is 8.85. The van der Waals surface area contributed by atoms with Crippen LogP contribution in [-0.2, 0) is 0 Å². The molecule has 1 aromatic rings. The van der Waals surface area contributed by atoms with E-state index in [4.69, 9.17) is 0 Å². The van der Waals surface area contributed by atoms with Gasteiger partial charge in [0, 0.05) is 0 Å². The number of para-hydroxylation sites is 1. The molecule has 0 bridgehead atoms. The zero-order chi connectivity index (χ0) is 9.80. The Morgan fingerprint density at radius 2 is 2.21 bits per heavy atom. The predicted octanol–water partition coefficient (Wildman–Crippen LogP) is 3.35. The number of alkyl halides is 1. The summed E-state index contributed by atoms with van der Waals surface area (Å²) in [5, 5.41) is 0. The van der Waals surface area contributed by atoms with E-state index in [0.717, 1.165) is 10.5 Å². The quantitative estimate of drug-likeness (QED) is 0.434. The molecule has 0 saturated carbocycles. The zero-order valence-corrected chi connectivity index (χ0v) is 12.2. The Balaban J connectivity index is 2.06. The molecule has 1 aromatic carbocycles. The fourth-order valence-electron chi connectivity index (χ4n) is 1.12. The van der Waals surface area contributed by atoms with Gasteiger partial charge in [-0.3, -0.25) is 0 Å².